The summed E-state index contributed by atoms with van der Waals surface area (Å²) in [6.07, 6.45) is 0. The molecule has 0 bridgehead atoms. The number of nitrogens with zero attached hydrogens (tertiary/aromatic N) is 1. The second kappa shape index (κ2) is 9.13. The van der Waals surface area contributed by atoms with E-state index >= 15 is 0 Å². The fourth-order valence-electron chi connectivity index (χ4n) is 2.85. The summed E-state index contributed by atoms with van der Waals surface area (Å²) >= 11 is 0. The Morgan fingerprint density at radius 1 is 1.03 bits per heavy atom. The first-order chi connectivity index (χ1) is 14.2. The smallest absolute Gasteiger partial charge is 0.338 e. The Morgan fingerprint density at radius 3 is 2.33 bits per heavy atom. The topological polar surface area (TPSA) is 119 Å². The van der Waals surface area contributed by atoms with Gasteiger partial charge in [-0.05, 0) is 49.4 Å². The van der Waals surface area contributed by atoms with E-state index in [1.807, 2.05) is 0 Å². The summed E-state index contributed by atoms with van der Waals surface area (Å²) in [5.41, 5.74) is 0.341. The van der Waals surface area contributed by atoms with Crippen molar-refractivity contribution in [3.05, 3.63) is 54.1 Å². The summed E-state index contributed by atoms with van der Waals surface area (Å²) in [4.78, 5) is 11.6. The van der Waals surface area contributed by atoms with Crippen molar-refractivity contribution in [2.75, 3.05) is 37.6 Å². The van der Waals surface area contributed by atoms with Crippen LogP contribution in [0.15, 0.2) is 58.3 Å². The molecule has 30 heavy (non-hydrogen) atoms. The van der Waals surface area contributed by atoms with Crippen LogP contribution in [0.4, 0.5) is 5.69 Å². The van der Waals surface area contributed by atoms with Crippen LogP contribution in [0.5, 0.6) is 0 Å². The van der Waals surface area contributed by atoms with Gasteiger partial charge in [0, 0.05) is 13.1 Å². The van der Waals surface area contributed by atoms with Gasteiger partial charge in [0.05, 0.1) is 40.9 Å². The monoisotopic (exact) mass is 454 g/mol. The predicted octanol–water partition coefficient (Wildman–Crippen LogP) is 1.68. The number of anilines is 1. The number of hydrogen-bond acceptors (Lipinski definition) is 7. The zero-order chi connectivity index (χ0) is 21.8. The van der Waals surface area contributed by atoms with Crippen LogP contribution in [0.3, 0.4) is 0 Å². The van der Waals surface area contributed by atoms with Gasteiger partial charge in [-0.15, -0.1) is 0 Å². The summed E-state index contributed by atoms with van der Waals surface area (Å²) in [5, 5.41) is 0. The van der Waals surface area contributed by atoms with Gasteiger partial charge in [-0.1, -0.05) is 6.07 Å². The average Bonchev–Trinajstić information content (AvgIpc) is 2.74. The Labute approximate surface area is 175 Å². The number of esters is 1. The van der Waals surface area contributed by atoms with E-state index in [1.54, 1.807) is 6.92 Å². The van der Waals surface area contributed by atoms with Gasteiger partial charge in [0.1, 0.15) is 0 Å². The summed E-state index contributed by atoms with van der Waals surface area (Å²) in [6.45, 7) is 3.00. The lowest BCUT2D eigenvalue weighted by atomic mass is 10.2. The van der Waals surface area contributed by atoms with Crippen molar-refractivity contribution in [1.29, 1.82) is 0 Å². The van der Waals surface area contributed by atoms with Crippen LogP contribution < -0.4 is 4.72 Å². The second-order valence-electron chi connectivity index (χ2n) is 6.39. The molecule has 2 aromatic rings. The maximum Gasteiger partial charge on any atom is 0.338 e. The van der Waals surface area contributed by atoms with Crippen LogP contribution in [0.1, 0.15) is 17.3 Å². The summed E-state index contributed by atoms with van der Waals surface area (Å²) < 4.78 is 64.6. The molecule has 1 aliphatic heterocycles. The van der Waals surface area contributed by atoms with Gasteiger partial charge in [-0.2, -0.15) is 4.31 Å². The van der Waals surface area contributed by atoms with Crippen molar-refractivity contribution >= 4 is 31.7 Å². The third kappa shape index (κ3) is 4.98. The van der Waals surface area contributed by atoms with Gasteiger partial charge < -0.3 is 9.47 Å². The lowest BCUT2D eigenvalue weighted by Crippen LogP contribution is -2.40. The molecule has 1 N–H and O–H groups in total. The number of sulfonamides is 2. The first-order valence-corrected chi connectivity index (χ1v) is 12.1. The van der Waals surface area contributed by atoms with E-state index in [0.717, 1.165) is 0 Å². The Bertz CT molecular complexity index is 1110. The second-order valence-corrected chi connectivity index (χ2v) is 10.0. The van der Waals surface area contributed by atoms with Crippen LogP contribution >= 0.6 is 0 Å². The number of rotatable bonds is 7. The largest absolute Gasteiger partial charge is 0.462 e. The molecule has 0 atom stereocenters. The molecular weight excluding hydrogens is 432 g/mol. The first kappa shape index (κ1) is 22.2. The molecule has 0 amide bonds. The molecule has 9 nitrogen and oxygen atoms in total. The van der Waals surface area contributed by atoms with Crippen molar-refractivity contribution in [3.63, 3.8) is 0 Å². The van der Waals surface area contributed by atoms with E-state index in [1.165, 1.54) is 52.8 Å². The molecule has 162 valence electrons. The highest BCUT2D eigenvalue weighted by Gasteiger charge is 2.27. The van der Waals surface area contributed by atoms with E-state index in [0.29, 0.717) is 13.2 Å². The van der Waals surface area contributed by atoms with Crippen molar-refractivity contribution in [2.24, 2.45) is 0 Å². The molecule has 0 unspecified atom stereocenters. The molecule has 1 heterocycles. The lowest BCUT2D eigenvalue weighted by molar-refractivity contribution is 0.0526. The standard InChI is InChI=1S/C19H22N2O7S2/c1-2-28-19(22)15-6-8-17(9-7-15)29(23,24)20-16-4-3-5-18(14-16)30(25,26)21-10-12-27-13-11-21/h3-9,14,20H,2,10-13H2,1H3. The minimum atomic E-state index is -3.99. The molecule has 0 spiro atoms. The van der Waals surface area contributed by atoms with Crippen LogP contribution in [-0.4, -0.2) is 60.0 Å². The number of benzene rings is 2. The van der Waals surface area contributed by atoms with Crippen LogP contribution in [0, 0.1) is 0 Å². The zero-order valence-corrected chi connectivity index (χ0v) is 17.9. The first-order valence-electron chi connectivity index (χ1n) is 9.22. The molecule has 0 radical (unpaired) electrons. The molecule has 0 saturated carbocycles. The minimum absolute atomic E-state index is 0.0118. The Kier molecular flexibility index (Phi) is 6.76. The normalized spacial score (nSPS) is 15.5. The van der Waals surface area contributed by atoms with Crippen LogP contribution in [-0.2, 0) is 29.5 Å². The fourth-order valence-corrected chi connectivity index (χ4v) is 5.36. The summed E-state index contributed by atoms with van der Waals surface area (Å²) in [6, 6.07) is 10.9. The van der Waals surface area contributed by atoms with Crippen LogP contribution in [0.2, 0.25) is 0 Å². The van der Waals surface area contributed by atoms with E-state index in [-0.39, 0.29) is 40.7 Å². The van der Waals surface area contributed by atoms with E-state index in [4.69, 9.17) is 9.47 Å². The molecule has 11 heteroatoms. The van der Waals surface area contributed by atoms with Crippen molar-refractivity contribution in [1.82, 2.24) is 4.31 Å². The van der Waals surface area contributed by atoms with Gasteiger partial charge in [0.15, 0.2) is 0 Å². The fraction of sp³-hybridized carbons (Fsp3) is 0.316. The molecule has 1 fully saturated rings. The van der Waals surface area contributed by atoms with Gasteiger partial charge >= 0.3 is 5.97 Å². The molecular formula is C19H22N2O7S2. The van der Waals surface area contributed by atoms with Gasteiger partial charge in [0.25, 0.3) is 10.0 Å². The Morgan fingerprint density at radius 2 is 1.70 bits per heavy atom. The quantitative estimate of drug-likeness (QED) is 0.632. The van der Waals surface area contributed by atoms with Crippen molar-refractivity contribution in [3.8, 4) is 0 Å². The summed E-state index contributed by atoms with van der Waals surface area (Å²) in [5.74, 6) is -0.546. The van der Waals surface area contributed by atoms with E-state index in [2.05, 4.69) is 4.72 Å². The molecule has 3 rings (SSSR count). The maximum absolute atomic E-state index is 12.8. The SMILES string of the molecule is CCOC(=O)c1ccc(S(=O)(=O)Nc2cccc(S(=O)(=O)N3CCOCC3)c2)cc1. The maximum atomic E-state index is 12.8. The number of morpholine rings is 1. The van der Waals surface area contributed by atoms with E-state index in [9.17, 15) is 21.6 Å². The number of nitrogens with one attached hydrogen (secondary N) is 1. The third-order valence-corrected chi connectivity index (χ3v) is 7.66. The Hall–Kier alpha value is -2.47. The molecule has 0 aromatic heterocycles. The highest BCUT2D eigenvalue weighted by atomic mass is 32.2. The highest BCUT2D eigenvalue weighted by molar-refractivity contribution is 7.92. The number of carbonyl (C=O) groups is 1. The molecule has 1 aliphatic rings. The number of ether oxygens (including phenoxy) is 2. The number of hydrogen-bond donors (Lipinski definition) is 1. The van der Waals surface area contributed by atoms with Crippen LogP contribution in [0.25, 0.3) is 0 Å². The van der Waals surface area contributed by atoms with Crippen molar-refractivity contribution < 1.29 is 31.1 Å². The molecule has 0 aliphatic carbocycles. The van der Waals surface area contributed by atoms with Gasteiger partial charge in [0.2, 0.25) is 10.0 Å². The van der Waals surface area contributed by atoms with Crippen molar-refractivity contribution in [2.45, 2.75) is 16.7 Å². The number of carbonyl (C=O) groups excluding carboxylic acids is 1. The van der Waals surface area contributed by atoms with Gasteiger partial charge in [-0.25, -0.2) is 21.6 Å². The average molecular weight is 455 g/mol. The third-order valence-electron chi connectivity index (χ3n) is 4.37. The zero-order valence-electron chi connectivity index (χ0n) is 16.3. The highest BCUT2D eigenvalue weighted by Crippen LogP contribution is 2.23. The van der Waals surface area contributed by atoms with Gasteiger partial charge in [-0.3, -0.25) is 4.72 Å². The minimum Gasteiger partial charge on any atom is -0.462 e. The Balaban J connectivity index is 1.80. The molecule has 2 aromatic carbocycles. The van der Waals surface area contributed by atoms with E-state index < -0.39 is 26.0 Å². The molecule has 1 saturated heterocycles. The predicted molar refractivity (Wildman–Crippen MR) is 109 cm³/mol. The lowest BCUT2D eigenvalue weighted by Gasteiger charge is -2.26. The summed E-state index contributed by atoms with van der Waals surface area (Å²) in [7, 11) is -7.74.